The monoisotopic (exact) mass is 280 g/mol. The van der Waals surface area contributed by atoms with E-state index < -0.39 is 0 Å². The molecule has 0 aliphatic rings. The number of hydrogen-bond donors (Lipinski definition) is 2. The summed E-state index contributed by atoms with van der Waals surface area (Å²) in [5.41, 5.74) is 5.44. The maximum absolute atomic E-state index is 12.7. The Labute approximate surface area is 118 Å². The Morgan fingerprint density at radius 2 is 1.70 bits per heavy atom. The van der Waals surface area contributed by atoms with Gasteiger partial charge in [-0.2, -0.15) is 0 Å². The van der Waals surface area contributed by atoms with Gasteiger partial charge in [0.2, 0.25) is 5.91 Å². The highest BCUT2D eigenvalue weighted by Crippen LogP contribution is 2.18. The van der Waals surface area contributed by atoms with Crippen molar-refractivity contribution in [3.63, 3.8) is 0 Å². The first kappa shape index (κ1) is 16.1. The van der Waals surface area contributed by atoms with Gasteiger partial charge in [0.05, 0.1) is 5.69 Å². The molecule has 0 aliphatic heterocycles. The minimum atomic E-state index is -0.358. The van der Waals surface area contributed by atoms with Gasteiger partial charge in [0.1, 0.15) is 11.6 Å². The largest absolute Gasteiger partial charge is 0.299 e. The molecular weight excluding hydrogens is 259 g/mol. The molecule has 0 atom stereocenters. The van der Waals surface area contributed by atoms with E-state index in [1.54, 1.807) is 0 Å². The molecule has 0 saturated carbocycles. The highest BCUT2D eigenvalue weighted by Gasteiger charge is 2.20. The summed E-state index contributed by atoms with van der Waals surface area (Å²) in [5.74, 6) is -0.379. The number of nitrogens with one attached hydrogen (secondary N) is 2. The molecule has 0 saturated heterocycles. The van der Waals surface area contributed by atoms with Crippen molar-refractivity contribution in [3.8, 4) is 0 Å². The van der Waals surface area contributed by atoms with Crippen LogP contribution in [0.1, 0.15) is 40.0 Å². The standard InChI is InChI=1S/C15H21FN2O2/c1-15(2,3)13(19)5-4-6-14(20)18-17-12-9-7-11(16)8-10-12/h7-10,17H,4-6H2,1-3H3,(H,18,20). The van der Waals surface area contributed by atoms with Crippen LogP contribution in [0, 0.1) is 11.2 Å². The molecule has 0 fully saturated rings. The van der Waals surface area contributed by atoms with Crippen molar-refractivity contribution in [3.05, 3.63) is 30.1 Å². The molecule has 0 bridgehead atoms. The van der Waals surface area contributed by atoms with Crippen LogP contribution in [0.5, 0.6) is 0 Å². The van der Waals surface area contributed by atoms with Crippen LogP contribution in [0.2, 0.25) is 0 Å². The van der Waals surface area contributed by atoms with E-state index in [-0.39, 0.29) is 29.3 Å². The van der Waals surface area contributed by atoms with Crippen LogP contribution in [0.4, 0.5) is 10.1 Å². The van der Waals surface area contributed by atoms with Gasteiger partial charge in [0.25, 0.3) is 0 Å². The number of halogens is 1. The number of ketones is 1. The third kappa shape index (κ3) is 5.82. The van der Waals surface area contributed by atoms with Crippen molar-refractivity contribution in [2.45, 2.75) is 40.0 Å². The lowest BCUT2D eigenvalue weighted by Gasteiger charge is -2.16. The number of carbonyl (C=O) groups excluding carboxylic acids is 2. The molecule has 0 heterocycles. The Bertz CT molecular complexity index is 464. The summed E-state index contributed by atoms with van der Waals surface area (Å²) >= 11 is 0. The first-order valence-corrected chi connectivity index (χ1v) is 6.63. The molecular formula is C15H21FN2O2. The quantitative estimate of drug-likeness (QED) is 0.787. The number of rotatable bonds is 6. The highest BCUT2D eigenvalue weighted by atomic mass is 19.1. The molecule has 110 valence electrons. The summed E-state index contributed by atoms with van der Waals surface area (Å²) in [6, 6.07) is 5.66. The van der Waals surface area contributed by atoms with E-state index in [2.05, 4.69) is 10.9 Å². The molecule has 0 radical (unpaired) electrons. The Morgan fingerprint density at radius 3 is 2.25 bits per heavy atom. The number of benzene rings is 1. The minimum absolute atomic E-state index is 0.150. The molecule has 1 aromatic rings. The molecule has 0 spiro atoms. The fraction of sp³-hybridized carbons (Fsp3) is 0.467. The topological polar surface area (TPSA) is 58.2 Å². The molecule has 5 heteroatoms. The van der Waals surface area contributed by atoms with E-state index in [4.69, 9.17) is 0 Å². The molecule has 2 N–H and O–H groups in total. The van der Waals surface area contributed by atoms with Crippen LogP contribution >= 0.6 is 0 Å². The van der Waals surface area contributed by atoms with Gasteiger partial charge < -0.3 is 0 Å². The zero-order valence-corrected chi connectivity index (χ0v) is 12.1. The summed E-state index contributed by atoms with van der Waals surface area (Å²) in [5, 5.41) is 0. The zero-order valence-electron chi connectivity index (χ0n) is 12.1. The van der Waals surface area contributed by atoms with Gasteiger partial charge in [-0.25, -0.2) is 4.39 Å². The zero-order chi connectivity index (χ0) is 15.2. The molecule has 1 rings (SSSR count). The number of hydrazine groups is 1. The van der Waals surface area contributed by atoms with Crippen molar-refractivity contribution < 1.29 is 14.0 Å². The van der Waals surface area contributed by atoms with Crippen molar-refractivity contribution in [2.24, 2.45) is 5.41 Å². The lowest BCUT2D eigenvalue weighted by molar-refractivity contribution is -0.126. The van der Waals surface area contributed by atoms with E-state index in [1.807, 2.05) is 20.8 Å². The maximum Gasteiger partial charge on any atom is 0.238 e. The van der Waals surface area contributed by atoms with Gasteiger partial charge in [-0.05, 0) is 30.7 Å². The summed E-state index contributed by atoms with van der Waals surface area (Å²) in [6.07, 6.45) is 1.19. The highest BCUT2D eigenvalue weighted by molar-refractivity contribution is 5.84. The lowest BCUT2D eigenvalue weighted by Crippen LogP contribution is -2.29. The Balaban J connectivity index is 2.24. The van der Waals surface area contributed by atoms with Crippen molar-refractivity contribution in [1.82, 2.24) is 5.43 Å². The molecule has 0 aromatic heterocycles. The van der Waals surface area contributed by atoms with E-state index >= 15 is 0 Å². The first-order chi connectivity index (χ1) is 9.29. The van der Waals surface area contributed by atoms with E-state index in [0.717, 1.165) is 0 Å². The van der Waals surface area contributed by atoms with Gasteiger partial charge in [-0.1, -0.05) is 20.8 Å². The van der Waals surface area contributed by atoms with Crippen molar-refractivity contribution >= 4 is 17.4 Å². The Hall–Kier alpha value is -1.91. The number of Topliss-reactive ketones (excluding diaryl/α,β-unsaturated/α-hetero) is 1. The van der Waals surface area contributed by atoms with Crippen molar-refractivity contribution in [1.29, 1.82) is 0 Å². The fourth-order valence-corrected chi connectivity index (χ4v) is 1.52. The second-order valence-electron chi connectivity index (χ2n) is 5.71. The molecule has 20 heavy (non-hydrogen) atoms. The SMILES string of the molecule is CC(C)(C)C(=O)CCCC(=O)NNc1ccc(F)cc1. The van der Waals surface area contributed by atoms with Crippen molar-refractivity contribution in [2.75, 3.05) is 5.43 Å². The fourth-order valence-electron chi connectivity index (χ4n) is 1.52. The third-order valence-electron chi connectivity index (χ3n) is 2.83. The van der Waals surface area contributed by atoms with E-state index in [0.29, 0.717) is 18.5 Å². The van der Waals surface area contributed by atoms with Gasteiger partial charge in [-0.3, -0.25) is 20.4 Å². The maximum atomic E-state index is 12.7. The minimum Gasteiger partial charge on any atom is -0.299 e. The van der Waals surface area contributed by atoms with Crippen LogP contribution in [-0.2, 0) is 9.59 Å². The van der Waals surface area contributed by atoms with Crippen LogP contribution < -0.4 is 10.9 Å². The summed E-state index contributed by atoms with van der Waals surface area (Å²) in [6.45, 7) is 5.60. The van der Waals surface area contributed by atoms with Crippen LogP contribution in [0.15, 0.2) is 24.3 Å². The Morgan fingerprint density at radius 1 is 1.10 bits per heavy atom. The van der Waals surface area contributed by atoms with Crippen LogP contribution in [-0.4, -0.2) is 11.7 Å². The van der Waals surface area contributed by atoms with E-state index in [9.17, 15) is 14.0 Å². The number of hydrogen-bond acceptors (Lipinski definition) is 3. The summed E-state index contributed by atoms with van der Waals surface area (Å²) in [4.78, 5) is 23.2. The smallest absolute Gasteiger partial charge is 0.238 e. The van der Waals surface area contributed by atoms with E-state index in [1.165, 1.54) is 24.3 Å². The second-order valence-corrected chi connectivity index (χ2v) is 5.71. The second kappa shape index (κ2) is 7.03. The Kier molecular flexibility index (Phi) is 5.67. The number of anilines is 1. The van der Waals surface area contributed by atoms with Gasteiger partial charge >= 0.3 is 0 Å². The third-order valence-corrected chi connectivity index (χ3v) is 2.83. The predicted octanol–water partition coefficient (Wildman–Crippen LogP) is 3.05. The average Bonchev–Trinajstić information content (AvgIpc) is 2.37. The number of amides is 1. The lowest BCUT2D eigenvalue weighted by atomic mass is 9.88. The molecule has 0 aliphatic carbocycles. The van der Waals surface area contributed by atoms with Crippen LogP contribution in [0.25, 0.3) is 0 Å². The molecule has 4 nitrogen and oxygen atoms in total. The van der Waals surface area contributed by atoms with Gasteiger partial charge in [0, 0.05) is 18.3 Å². The number of carbonyl (C=O) groups is 2. The summed E-state index contributed by atoms with van der Waals surface area (Å²) < 4.78 is 12.7. The average molecular weight is 280 g/mol. The predicted molar refractivity (Wildman–Crippen MR) is 76.5 cm³/mol. The molecule has 1 amide bonds. The summed E-state index contributed by atoms with van der Waals surface area (Å²) in [7, 11) is 0. The normalized spacial score (nSPS) is 11.0. The van der Waals surface area contributed by atoms with Crippen LogP contribution in [0.3, 0.4) is 0 Å². The van der Waals surface area contributed by atoms with Gasteiger partial charge in [-0.15, -0.1) is 0 Å². The molecule has 0 unspecified atom stereocenters. The van der Waals surface area contributed by atoms with Gasteiger partial charge in [0.15, 0.2) is 0 Å². The first-order valence-electron chi connectivity index (χ1n) is 6.63. The molecule has 1 aromatic carbocycles.